The monoisotopic (exact) mass is 338 g/mol. The number of hydrogen-bond acceptors (Lipinski definition) is 5. The predicted molar refractivity (Wildman–Crippen MR) is 97.8 cm³/mol. The molecule has 0 spiro atoms. The first-order valence-corrected chi connectivity index (χ1v) is 8.44. The van der Waals surface area contributed by atoms with Crippen LogP contribution in [0.1, 0.15) is 30.6 Å². The fraction of sp³-hybridized carbons (Fsp3) is 0.350. The van der Waals surface area contributed by atoms with Crippen LogP contribution in [0.5, 0.6) is 11.5 Å². The normalized spacial score (nSPS) is 14.9. The van der Waals surface area contributed by atoms with Crippen molar-refractivity contribution in [2.24, 2.45) is 0 Å². The Hall–Kier alpha value is -2.87. The highest BCUT2D eigenvalue weighted by Crippen LogP contribution is 2.31. The molecule has 1 saturated heterocycles. The van der Waals surface area contributed by atoms with Gasteiger partial charge in [0.25, 0.3) is 0 Å². The molecule has 130 valence electrons. The Labute approximate surface area is 148 Å². The number of nitriles is 1. The van der Waals surface area contributed by atoms with Crippen molar-refractivity contribution in [3.8, 4) is 17.6 Å². The SMILES string of the molecule is COc1ccc(C(C#N)=Cc2ccc(N3CCCCC3)o2)cc1OC. The summed E-state index contributed by atoms with van der Waals surface area (Å²) in [5.41, 5.74) is 1.27. The molecule has 0 bridgehead atoms. The maximum absolute atomic E-state index is 9.54. The molecular formula is C20H22N2O3. The second-order valence-corrected chi connectivity index (χ2v) is 5.96. The van der Waals surface area contributed by atoms with Crippen LogP contribution in [0.15, 0.2) is 34.7 Å². The molecular weight excluding hydrogens is 316 g/mol. The first-order chi connectivity index (χ1) is 12.2. The van der Waals surface area contributed by atoms with Crippen LogP contribution in [-0.2, 0) is 0 Å². The van der Waals surface area contributed by atoms with Crippen LogP contribution in [0.3, 0.4) is 0 Å². The molecule has 1 aliphatic heterocycles. The van der Waals surface area contributed by atoms with Crippen molar-refractivity contribution in [2.45, 2.75) is 19.3 Å². The molecule has 0 saturated carbocycles. The summed E-state index contributed by atoms with van der Waals surface area (Å²) in [6, 6.07) is 11.5. The van der Waals surface area contributed by atoms with E-state index in [0.717, 1.165) is 24.5 Å². The van der Waals surface area contributed by atoms with Crippen LogP contribution in [0.2, 0.25) is 0 Å². The zero-order valence-corrected chi connectivity index (χ0v) is 14.6. The lowest BCUT2D eigenvalue weighted by Gasteiger charge is -2.25. The van der Waals surface area contributed by atoms with Gasteiger partial charge < -0.3 is 18.8 Å². The first kappa shape index (κ1) is 17.0. The van der Waals surface area contributed by atoms with E-state index >= 15 is 0 Å². The van der Waals surface area contributed by atoms with E-state index in [1.54, 1.807) is 32.4 Å². The van der Waals surface area contributed by atoms with Gasteiger partial charge in [-0.15, -0.1) is 0 Å². The quantitative estimate of drug-likeness (QED) is 0.759. The largest absolute Gasteiger partial charge is 0.493 e. The van der Waals surface area contributed by atoms with Gasteiger partial charge in [0.2, 0.25) is 0 Å². The lowest BCUT2D eigenvalue weighted by atomic mass is 10.1. The van der Waals surface area contributed by atoms with Crippen molar-refractivity contribution in [2.75, 3.05) is 32.2 Å². The lowest BCUT2D eigenvalue weighted by Crippen LogP contribution is -2.28. The summed E-state index contributed by atoms with van der Waals surface area (Å²) in [5, 5.41) is 9.54. The van der Waals surface area contributed by atoms with E-state index in [2.05, 4.69) is 11.0 Å². The summed E-state index contributed by atoms with van der Waals surface area (Å²) < 4.78 is 16.5. The van der Waals surface area contributed by atoms with Gasteiger partial charge in [-0.2, -0.15) is 5.26 Å². The first-order valence-electron chi connectivity index (χ1n) is 8.44. The number of ether oxygens (including phenoxy) is 2. The molecule has 2 aromatic rings. The van der Waals surface area contributed by atoms with E-state index in [9.17, 15) is 5.26 Å². The Morgan fingerprint density at radius 3 is 2.52 bits per heavy atom. The topological polar surface area (TPSA) is 58.6 Å². The van der Waals surface area contributed by atoms with Gasteiger partial charge in [0, 0.05) is 19.2 Å². The summed E-state index contributed by atoms with van der Waals surface area (Å²) in [6.07, 6.45) is 5.43. The molecule has 0 unspecified atom stereocenters. The van der Waals surface area contributed by atoms with Crippen molar-refractivity contribution in [1.29, 1.82) is 5.26 Å². The summed E-state index contributed by atoms with van der Waals surface area (Å²) in [5.74, 6) is 2.77. The van der Waals surface area contributed by atoms with Gasteiger partial charge in [-0.1, -0.05) is 0 Å². The fourth-order valence-corrected chi connectivity index (χ4v) is 3.03. The Bertz CT molecular complexity index is 796. The maximum Gasteiger partial charge on any atom is 0.196 e. The van der Waals surface area contributed by atoms with E-state index in [4.69, 9.17) is 13.9 Å². The smallest absolute Gasteiger partial charge is 0.196 e. The Morgan fingerprint density at radius 2 is 1.84 bits per heavy atom. The molecule has 1 aromatic heterocycles. The van der Waals surface area contributed by atoms with Crippen LogP contribution in [0.25, 0.3) is 11.6 Å². The highest BCUT2D eigenvalue weighted by molar-refractivity contribution is 5.89. The minimum atomic E-state index is 0.514. The number of methoxy groups -OCH3 is 2. The zero-order valence-electron chi connectivity index (χ0n) is 14.6. The van der Waals surface area contributed by atoms with Gasteiger partial charge in [-0.3, -0.25) is 0 Å². The molecule has 1 aromatic carbocycles. The van der Waals surface area contributed by atoms with Crippen LogP contribution in [-0.4, -0.2) is 27.3 Å². The van der Waals surface area contributed by atoms with Gasteiger partial charge in [0.1, 0.15) is 5.76 Å². The summed E-state index contributed by atoms with van der Waals surface area (Å²) in [6.45, 7) is 2.05. The van der Waals surface area contributed by atoms with E-state index in [1.807, 2.05) is 18.2 Å². The molecule has 5 nitrogen and oxygen atoms in total. The number of benzene rings is 1. The molecule has 25 heavy (non-hydrogen) atoms. The zero-order chi connectivity index (χ0) is 17.6. The van der Waals surface area contributed by atoms with Crippen molar-refractivity contribution in [1.82, 2.24) is 0 Å². The van der Waals surface area contributed by atoms with E-state index in [0.29, 0.717) is 22.8 Å². The van der Waals surface area contributed by atoms with Crippen molar-refractivity contribution in [3.63, 3.8) is 0 Å². The molecule has 3 rings (SSSR count). The summed E-state index contributed by atoms with van der Waals surface area (Å²) >= 11 is 0. The average Bonchev–Trinajstić information content (AvgIpc) is 3.15. The number of allylic oxidation sites excluding steroid dienone is 1. The van der Waals surface area contributed by atoms with Gasteiger partial charge in [-0.05, 0) is 55.2 Å². The molecule has 0 atom stereocenters. The van der Waals surface area contributed by atoms with Gasteiger partial charge >= 0.3 is 0 Å². The van der Waals surface area contributed by atoms with Crippen LogP contribution < -0.4 is 14.4 Å². The van der Waals surface area contributed by atoms with Crippen LogP contribution >= 0.6 is 0 Å². The number of rotatable bonds is 5. The minimum Gasteiger partial charge on any atom is -0.493 e. The molecule has 0 N–H and O–H groups in total. The third kappa shape index (κ3) is 3.80. The third-order valence-electron chi connectivity index (χ3n) is 4.38. The molecule has 2 heterocycles. The maximum atomic E-state index is 9.54. The Morgan fingerprint density at radius 1 is 1.08 bits per heavy atom. The average molecular weight is 338 g/mol. The second-order valence-electron chi connectivity index (χ2n) is 5.96. The molecule has 1 aliphatic rings. The Kier molecular flexibility index (Phi) is 5.30. The molecule has 0 aliphatic carbocycles. The number of nitrogens with zero attached hydrogens (tertiary/aromatic N) is 2. The third-order valence-corrected chi connectivity index (χ3v) is 4.38. The van der Waals surface area contributed by atoms with E-state index in [1.165, 1.54) is 19.3 Å². The van der Waals surface area contributed by atoms with E-state index in [-0.39, 0.29) is 0 Å². The number of piperidine rings is 1. The number of hydrogen-bond donors (Lipinski definition) is 0. The van der Waals surface area contributed by atoms with Crippen molar-refractivity contribution in [3.05, 3.63) is 41.7 Å². The number of anilines is 1. The van der Waals surface area contributed by atoms with Gasteiger partial charge in [0.05, 0.1) is 25.9 Å². The fourth-order valence-electron chi connectivity index (χ4n) is 3.03. The van der Waals surface area contributed by atoms with Crippen molar-refractivity contribution < 1.29 is 13.9 Å². The Balaban J connectivity index is 1.86. The highest BCUT2D eigenvalue weighted by Gasteiger charge is 2.14. The van der Waals surface area contributed by atoms with Crippen molar-refractivity contribution >= 4 is 17.5 Å². The molecule has 5 heteroatoms. The van der Waals surface area contributed by atoms with E-state index < -0.39 is 0 Å². The van der Waals surface area contributed by atoms with Crippen LogP contribution in [0.4, 0.5) is 5.88 Å². The summed E-state index contributed by atoms with van der Waals surface area (Å²) in [4.78, 5) is 2.25. The lowest BCUT2D eigenvalue weighted by molar-refractivity contribution is 0.355. The molecule has 0 amide bonds. The summed E-state index contributed by atoms with van der Waals surface area (Å²) in [7, 11) is 3.17. The standard InChI is InChI=1S/C20H22N2O3/c1-23-18-8-6-15(13-19(18)24-2)16(14-21)12-17-7-9-20(25-17)22-10-4-3-5-11-22/h6-9,12-13H,3-5,10-11H2,1-2H3. The van der Waals surface area contributed by atoms with Gasteiger partial charge in [0.15, 0.2) is 17.4 Å². The van der Waals surface area contributed by atoms with Gasteiger partial charge in [-0.25, -0.2) is 0 Å². The minimum absolute atomic E-state index is 0.514. The highest BCUT2D eigenvalue weighted by atomic mass is 16.5. The second kappa shape index (κ2) is 7.80. The molecule has 1 fully saturated rings. The number of furan rings is 1. The predicted octanol–water partition coefficient (Wildman–Crippen LogP) is 4.35. The van der Waals surface area contributed by atoms with Crippen LogP contribution in [0, 0.1) is 11.3 Å². The molecule has 0 radical (unpaired) electrons.